The van der Waals surface area contributed by atoms with Crippen LogP contribution >= 0.6 is 11.3 Å². The standard InChI is InChI=1S/C21H22N4O5S2/c1-4-13-24-18-12-9-16(25(27)28)14-19(18)31-21(24)22-20(26)15-7-10-17(11-8-15)32(29,30)23(5-2)6-3/h4,7-12,14H,1,5-6,13H2,2-3H3. The number of thiazole rings is 1. The number of non-ortho nitro benzene ring substituents is 1. The Morgan fingerprint density at radius 2 is 1.88 bits per heavy atom. The second-order valence-electron chi connectivity index (χ2n) is 6.72. The van der Waals surface area contributed by atoms with Gasteiger partial charge in [0.2, 0.25) is 10.0 Å². The van der Waals surface area contributed by atoms with Gasteiger partial charge in [-0.2, -0.15) is 9.30 Å². The van der Waals surface area contributed by atoms with Crippen molar-refractivity contribution in [3.63, 3.8) is 0 Å². The number of nitro groups is 1. The van der Waals surface area contributed by atoms with Gasteiger partial charge in [-0.15, -0.1) is 6.58 Å². The Bertz CT molecular complexity index is 1350. The predicted octanol–water partition coefficient (Wildman–Crippen LogP) is 3.57. The molecule has 0 unspecified atom stereocenters. The molecule has 0 N–H and O–H groups in total. The van der Waals surface area contributed by atoms with E-state index in [4.69, 9.17) is 0 Å². The molecule has 3 rings (SSSR count). The predicted molar refractivity (Wildman–Crippen MR) is 123 cm³/mol. The first-order chi connectivity index (χ1) is 15.2. The third-order valence-electron chi connectivity index (χ3n) is 4.83. The van der Waals surface area contributed by atoms with Crippen molar-refractivity contribution in [3.8, 4) is 0 Å². The van der Waals surface area contributed by atoms with E-state index in [-0.39, 0.29) is 16.1 Å². The summed E-state index contributed by atoms with van der Waals surface area (Å²) in [6, 6.07) is 10.1. The molecular formula is C21H22N4O5S2. The van der Waals surface area contributed by atoms with Crippen molar-refractivity contribution in [1.82, 2.24) is 8.87 Å². The number of amides is 1. The maximum absolute atomic E-state index is 12.8. The highest BCUT2D eigenvalue weighted by Crippen LogP contribution is 2.23. The van der Waals surface area contributed by atoms with Crippen LogP contribution in [0.15, 0.2) is 65.0 Å². The first-order valence-corrected chi connectivity index (χ1v) is 12.1. The van der Waals surface area contributed by atoms with E-state index < -0.39 is 20.9 Å². The van der Waals surface area contributed by atoms with Crippen LogP contribution in [0, 0.1) is 10.1 Å². The van der Waals surface area contributed by atoms with E-state index in [1.807, 2.05) is 0 Å². The van der Waals surface area contributed by atoms with Crippen molar-refractivity contribution in [1.29, 1.82) is 0 Å². The molecule has 1 heterocycles. The van der Waals surface area contributed by atoms with Crippen LogP contribution in [0.25, 0.3) is 10.2 Å². The number of sulfonamides is 1. The SMILES string of the molecule is C=CCn1c(=NC(=O)c2ccc(S(=O)(=O)N(CC)CC)cc2)sc2cc([N+](=O)[O-])ccc21. The smallest absolute Gasteiger partial charge is 0.279 e. The monoisotopic (exact) mass is 474 g/mol. The van der Waals surface area contributed by atoms with Crippen LogP contribution in [-0.2, 0) is 16.6 Å². The second-order valence-corrected chi connectivity index (χ2v) is 9.67. The van der Waals surface area contributed by atoms with Gasteiger partial charge in [-0.3, -0.25) is 14.9 Å². The Morgan fingerprint density at radius 1 is 1.22 bits per heavy atom. The zero-order chi connectivity index (χ0) is 23.5. The summed E-state index contributed by atoms with van der Waals surface area (Å²) in [4.78, 5) is 28.0. The van der Waals surface area contributed by atoms with E-state index in [2.05, 4.69) is 11.6 Å². The molecule has 32 heavy (non-hydrogen) atoms. The third kappa shape index (κ3) is 4.54. The summed E-state index contributed by atoms with van der Waals surface area (Å²) in [6.45, 7) is 8.30. The highest BCUT2D eigenvalue weighted by atomic mass is 32.2. The lowest BCUT2D eigenvalue weighted by Gasteiger charge is -2.18. The minimum atomic E-state index is -3.62. The molecule has 3 aromatic rings. The molecule has 9 nitrogen and oxygen atoms in total. The molecular weight excluding hydrogens is 452 g/mol. The Kier molecular flexibility index (Phi) is 7.02. The average molecular weight is 475 g/mol. The van der Waals surface area contributed by atoms with Crippen molar-refractivity contribution >= 4 is 43.2 Å². The zero-order valence-corrected chi connectivity index (χ0v) is 19.2. The van der Waals surface area contributed by atoms with Gasteiger partial charge < -0.3 is 4.57 Å². The van der Waals surface area contributed by atoms with Gasteiger partial charge in [0.15, 0.2) is 4.80 Å². The van der Waals surface area contributed by atoms with E-state index in [0.29, 0.717) is 34.7 Å². The molecule has 11 heteroatoms. The maximum atomic E-state index is 12.8. The number of hydrogen-bond acceptors (Lipinski definition) is 6. The number of carbonyl (C=O) groups is 1. The number of hydrogen-bond donors (Lipinski definition) is 0. The molecule has 0 aliphatic rings. The van der Waals surface area contributed by atoms with Crippen LogP contribution in [0.3, 0.4) is 0 Å². The van der Waals surface area contributed by atoms with Gasteiger partial charge in [-0.05, 0) is 30.3 Å². The Labute approximate surface area is 189 Å². The van der Waals surface area contributed by atoms with Crippen LogP contribution in [0.4, 0.5) is 5.69 Å². The molecule has 0 saturated heterocycles. The molecule has 0 aliphatic heterocycles. The van der Waals surface area contributed by atoms with E-state index in [1.54, 1.807) is 30.6 Å². The first kappa shape index (κ1) is 23.5. The van der Waals surface area contributed by atoms with Gasteiger partial charge in [0.1, 0.15) is 0 Å². The zero-order valence-electron chi connectivity index (χ0n) is 17.6. The van der Waals surface area contributed by atoms with Gasteiger partial charge in [0, 0.05) is 37.3 Å². The molecule has 0 spiro atoms. The minimum Gasteiger partial charge on any atom is -0.312 e. The average Bonchev–Trinajstić information content (AvgIpc) is 3.11. The molecule has 0 radical (unpaired) electrons. The number of carbonyl (C=O) groups excluding carboxylic acids is 1. The molecule has 0 bridgehead atoms. The summed E-state index contributed by atoms with van der Waals surface area (Å²) in [7, 11) is -3.62. The summed E-state index contributed by atoms with van der Waals surface area (Å²) in [6.07, 6.45) is 1.64. The highest BCUT2D eigenvalue weighted by Gasteiger charge is 2.21. The fourth-order valence-electron chi connectivity index (χ4n) is 3.20. The molecule has 0 saturated carbocycles. The van der Waals surface area contributed by atoms with Gasteiger partial charge in [-0.1, -0.05) is 31.3 Å². The van der Waals surface area contributed by atoms with E-state index in [1.165, 1.54) is 40.7 Å². The fourth-order valence-corrected chi connectivity index (χ4v) is 5.73. The molecule has 0 aliphatic carbocycles. The molecule has 0 atom stereocenters. The topological polar surface area (TPSA) is 115 Å². The molecule has 168 valence electrons. The maximum Gasteiger partial charge on any atom is 0.279 e. The van der Waals surface area contributed by atoms with Crippen molar-refractivity contribution in [2.45, 2.75) is 25.3 Å². The quantitative estimate of drug-likeness (QED) is 0.281. The Hall–Kier alpha value is -3.15. The summed E-state index contributed by atoms with van der Waals surface area (Å²) < 4.78 is 28.9. The Balaban J connectivity index is 2.01. The van der Waals surface area contributed by atoms with Crippen molar-refractivity contribution in [2.75, 3.05) is 13.1 Å². The summed E-state index contributed by atoms with van der Waals surface area (Å²) in [5, 5.41) is 11.1. The minimum absolute atomic E-state index is 0.0487. The van der Waals surface area contributed by atoms with Crippen LogP contribution in [-0.4, -0.2) is 41.2 Å². The van der Waals surface area contributed by atoms with E-state index >= 15 is 0 Å². The number of benzene rings is 2. The number of aromatic nitrogens is 1. The summed E-state index contributed by atoms with van der Waals surface area (Å²) in [5.74, 6) is -0.546. The number of allylic oxidation sites excluding steroid dienone is 1. The normalized spacial score (nSPS) is 12.4. The molecule has 1 aromatic heterocycles. The second kappa shape index (κ2) is 9.55. The van der Waals surface area contributed by atoms with Gasteiger partial charge in [0.25, 0.3) is 11.6 Å². The van der Waals surface area contributed by atoms with E-state index in [0.717, 1.165) is 11.3 Å². The lowest BCUT2D eigenvalue weighted by Crippen LogP contribution is -2.30. The van der Waals surface area contributed by atoms with E-state index in [9.17, 15) is 23.3 Å². The van der Waals surface area contributed by atoms with Gasteiger partial charge >= 0.3 is 0 Å². The van der Waals surface area contributed by atoms with Crippen LogP contribution in [0.5, 0.6) is 0 Å². The summed E-state index contributed by atoms with van der Waals surface area (Å²) >= 11 is 1.16. The largest absolute Gasteiger partial charge is 0.312 e. The first-order valence-electron chi connectivity index (χ1n) is 9.80. The number of fused-ring (bicyclic) bond motifs is 1. The number of nitrogens with zero attached hydrogens (tertiary/aromatic N) is 4. The van der Waals surface area contributed by atoms with Crippen molar-refractivity contribution < 1.29 is 18.1 Å². The molecule has 1 amide bonds. The number of rotatable bonds is 8. The van der Waals surface area contributed by atoms with Gasteiger partial charge in [0.05, 0.1) is 20.0 Å². The van der Waals surface area contributed by atoms with Crippen LogP contribution in [0.1, 0.15) is 24.2 Å². The Morgan fingerprint density at radius 3 is 2.44 bits per heavy atom. The van der Waals surface area contributed by atoms with Crippen molar-refractivity contribution in [2.24, 2.45) is 4.99 Å². The summed E-state index contributed by atoms with van der Waals surface area (Å²) in [5.41, 5.74) is 0.886. The lowest BCUT2D eigenvalue weighted by molar-refractivity contribution is -0.384. The van der Waals surface area contributed by atoms with Crippen LogP contribution in [0.2, 0.25) is 0 Å². The molecule has 2 aromatic carbocycles. The third-order valence-corrected chi connectivity index (χ3v) is 7.94. The molecule has 0 fully saturated rings. The fraction of sp³-hybridized carbons (Fsp3) is 0.238. The highest BCUT2D eigenvalue weighted by molar-refractivity contribution is 7.89. The van der Waals surface area contributed by atoms with Crippen molar-refractivity contribution in [3.05, 3.63) is 75.6 Å². The van der Waals surface area contributed by atoms with Gasteiger partial charge in [-0.25, -0.2) is 8.42 Å². The lowest BCUT2D eigenvalue weighted by atomic mass is 10.2. The van der Waals surface area contributed by atoms with Crippen LogP contribution < -0.4 is 4.80 Å². The number of nitro benzene ring substituents is 1.